The van der Waals surface area contributed by atoms with Crippen molar-refractivity contribution in [1.29, 1.82) is 0 Å². The van der Waals surface area contributed by atoms with Crippen LogP contribution >= 0.6 is 0 Å². The van der Waals surface area contributed by atoms with E-state index < -0.39 is 6.10 Å². The molecule has 1 rings (SSSR count). The van der Waals surface area contributed by atoms with Crippen LogP contribution in [0.1, 0.15) is 6.92 Å². The van der Waals surface area contributed by atoms with Crippen molar-refractivity contribution < 1.29 is 14.6 Å². The molecule has 0 bridgehead atoms. The van der Waals surface area contributed by atoms with Gasteiger partial charge >= 0.3 is 5.97 Å². The molecule has 0 aromatic carbocycles. The number of ether oxygens (including phenoxy) is 1. The third-order valence-electron chi connectivity index (χ3n) is 2.13. The van der Waals surface area contributed by atoms with Gasteiger partial charge in [-0.2, -0.15) is 0 Å². The van der Waals surface area contributed by atoms with E-state index in [1.807, 2.05) is 6.92 Å². The van der Waals surface area contributed by atoms with Crippen molar-refractivity contribution in [2.24, 2.45) is 5.92 Å². The summed E-state index contributed by atoms with van der Waals surface area (Å²) in [4.78, 5) is 11.0. The molecule has 1 aliphatic rings. The smallest absolute Gasteiger partial charge is 0.323 e. The molecule has 1 saturated heterocycles. The van der Waals surface area contributed by atoms with Crippen LogP contribution in [0.3, 0.4) is 0 Å². The zero-order chi connectivity index (χ0) is 8.43. The molecule has 2 N–H and O–H groups in total. The quantitative estimate of drug-likeness (QED) is 0.488. The molecule has 1 aliphatic heterocycles. The van der Waals surface area contributed by atoms with Gasteiger partial charge < -0.3 is 15.2 Å². The average molecular weight is 159 g/mol. The Bertz CT molecular complexity index is 160. The van der Waals surface area contributed by atoms with Gasteiger partial charge in [0.15, 0.2) is 0 Å². The lowest BCUT2D eigenvalue weighted by atomic mass is 10.0. The Balaban J connectivity index is 2.54. The van der Waals surface area contributed by atoms with Gasteiger partial charge in [0.2, 0.25) is 0 Å². The highest BCUT2D eigenvalue weighted by Gasteiger charge is 2.36. The first kappa shape index (κ1) is 8.49. The highest BCUT2D eigenvalue weighted by molar-refractivity contribution is 5.76. The number of rotatable bonds is 1. The van der Waals surface area contributed by atoms with Crippen LogP contribution in [0.2, 0.25) is 0 Å². The van der Waals surface area contributed by atoms with Gasteiger partial charge in [-0.05, 0) is 0 Å². The van der Waals surface area contributed by atoms with Crippen LogP contribution in [-0.4, -0.2) is 36.9 Å². The largest absolute Gasteiger partial charge is 0.468 e. The molecule has 64 valence electrons. The number of methoxy groups -OCH3 is 1. The summed E-state index contributed by atoms with van der Waals surface area (Å²) < 4.78 is 4.54. The second-order valence-corrected chi connectivity index (χ2v) is 2.84. The summed E-state index contributed by atoms with van der Waals surface area (Å²) in [7, 11) is 1.35. The Labute approximate surface area is 65.5 Å². The minimum atomic E-state index is -0.431. The third-order valence-corrected chi connectivity index (χ3v) is 2.13. The van der Waals surface area contributed by atoms with Crippen molar-refractivity contribution >= 4 is 5.97 Å². The van der Waals surface area contributed by atoms with E-state index in [0.717, 1.165) is 0 Å². The lowest BCUT2D eigenvalue weighted by Crippen LogP contribution is -2.36. The number of esters is 1. The number of aliphatic hydroxyl groups is 1. The molecule has 3 atom stereocenters. The highest BCUT2D eigenvalue weighted by atomic mass is 16.5. The summed E-state index contributed by atoms with van der Waals surface area (Å²) in [5, 5.41) is 12.1. The van der Waals surface area contributed by atoms with Crippen molar-refractivity contribution in [2.45, 2.75) is 19.1 Å². The Hall–Kier alpha value is -0.610. The third kappa shape index (κ3) is 1.52. The molecule has 0 unspecified atom stereocenters. The van der Waals surface area contributed by atoms with Gasteiger partial charge in [-0.15, -0.1) is 0 Å². The lowest BCUT2D eigenvalue weighted by molar-refractivity contribution is -0.144. The summed E-state index contributed by atoms with van der Waals surface area (Å²) in [6.45, 7) is 2.30. The molecule has 0 spiro atoms. The molecule has 0 radical (unpaired) electrons. The zero-order valence-corrected chi connectivity index (χ0v) is 6.70. The van der Waals surface area contributed by atoms with E-state index in [0.29, 0.717) is 6.54 Å². The van der Waals surface area contributed by atoms with E-state index in [-0.39, 0.29) is 17.9 Å². The summed E-state index contributed by atoms with van der Waals surface area (Å²) in [5.74, 6) is -0.350. The second kappa shape index (κ2) is 3.19. The first-order valence-electron chi connectivity index (χ1n) is 3.66. The Morgan fingerprint density at radius 1 is 1.73 bits per heavy atom. The summed E-state index contributed by atoms with van der Waals surface area (Å²) in [6.07, 6.45) is -0.431. The highest BCUT2D eigenvalue weighted by Crippen LogP contribution is 2.15. The van der Waals surface area contributed by atoms with E-state index in [2.05, 4.69) is 10.1 Å². The van der Waals surface area contributed by atoms with Gasteiger partial charge in [-0.1, -0.05) is 6.92 Å². The SMILES string of the molecule is COC(=O)[C@H]1NC[C@H](O)[C@H]1C. The van der Waals surface area contributed by atoms with Gasteiger partial charge in [0, 0.05) is 12.5 Å². The van der Waals surface area contributed by atoms with Crippen molar-refractivity contribution in [2.75, 3.05) is 13.7 Å². The minimum absolute atomic E-state index is 0.0533. The summed E-state index contributed by atoms with van der Waals surface area (Å²) in [6, 6.07) is -0.338. The van der Waals surface area contributed by atoms with Crippen LogP contribution in [0.15, 0.2) is 0 Å². The van der Waals surface area contributed by atoms with Gasteiger partial charge in [-0.25, -0.2) is 0 Å². The lowest BCUT2D eigenvalue weighted by Gasteiger charge is -2.13. The summed E-state index contributed by atoms with van der Waals surface area (Å²) in [5.41, 5.74) is 0. The molecule has 4 nitrogen and oxygen atoms in total. The number of carbonyl (C=O) groups excluding carboxylic acids is 1. The number of carbonyl (C=O) groups is 1. The fourth-order valence-corrected chi connectivity index (χ4v) is 1.27. The molecule has 4 heteroatoms. The maximum atomic E-state index is 11.0. The number of nitrogens with one attached hydrogen (secondary N) is 1. The van der Waals surface area contributed by atoms with E-state index in [9.17, 15) is 9.90 Å². The minimum Gasteiger partial charge on any atom is -0.468 e. The molecular formula is C7H13NO3. The maximum Gasteiger partial charge on any atom is 0.323 e. The summed E-state index contributed by atoms with van der Waals surface area (Å²) >= 11 is 0. The molecule has 0 aromatic rings. The number of hydrogen-bond donors (Lipinski definition) is 2. The number of β-amino-alcohol motifs (C(OH)–C–C–N with tert-alkyl or cyclic N) is 1. The van der Waals surface area contributed by atoms with Crippen molar-refractivity contribution in [3.05, 3.63) is 0 Å². The van der Waals surface area contributed by atoms with Gasteiger partial charge in [0.1, 0.15) is 6.04 Å². The topological polar surface area (TPSA) is 58.6 Å². The van der Waals surface area contributed by atoms with Gasteiger partial charge in [0.05, 0.1) is 13.2 Å². The van der Waals surface area contributed by atoms with Gasteiger partial charge in [0.25, 0.3) is 0 Å². The van der Waals surface area contributed by atoms with Crippen LogP contribution in [0.4, 0.5) is 0 Å². The Morgan fingerprint density at radius 2 is 2.36 bits per heavy atom. The van der Waals surface area contributed by atoms with Crippen molar-refractivity contribution in [1.82, 2.24) is 5.32 Å². The van der Waals surface area contributed by atoms with Gasteiger partial charge in [-0.3, -0.25) is 4.79 Å². The number of aliphatic hydroxyl groups excluding tert-OH is 1. The first-order valence-corrected chi connectivity index (χ1v) is 3.66. The molecule has 0 aromatic heterocycles. The molecule has 1 fully saturated rings. The zero-order valence-electron chi connectivity index (χ0n) is 6.70. The molecule has 0 saturated carbocycles. The van der Waals surface area contributed by atoms with Crippen LogP contribution in [0, 0.1) is 5.92 Å². The maximum absolute atomic E-state index is 11.0. The average Bonchev–Trinajstić information content (AvgIpc) is 2.32. The first-order chi connectivity index (χ1) is 5.16. The molecule has 1 heterocycles. The second-order valence-electron chi connectivity index (χ2n) is 2.84. The Kier molecular flexibility index (Phi) is 2.46. The molecule has 11 heavy (non-hydrogen) atoms. The Morgan fingerprint density at radius 3 is 2.73 bits per heavy atom. The van der Waals surface area contributed by atoms with Crippen molar-refractivity contribution in [3.8, 4) is 0 Å². The molecule has 0 amide bonds. The van der Waals surface area contributed by atoms with Crippen LogP contribution in [0.5, 0.6) is 0 Å². The van der Waals surface area contributed by atoms with Crippen molar-refractivity contribution in [3.63, 3.8) is 0 Å². The predicted octanol–water partition coefficient (Wildman–Crippen LogP) is -0.872. The standard InChI is InChI=1S/C7H13NO3/c1-4-5(9)3-8-6(4)7(10)11-2/h4-6,8-9H,3H2,1-2H3/t4-,5+,6+/m1/s1. The predicted molar refractivity (Wildman–Crippen MR) is 39.0 cm³/mol. The van der Waals surface area contributed by atoms with E-state index >= 15 is 0 Å². The van der Waals surface area contributed by atoms with E-state index in [1.165, 1.54) is 7.11 Å². The molecular weight excluding hydrogens is 146 g/mol. The van der Waals surface area contributed by atoms with Crippen LogP contribution in [-0.2, 0) is 9.53 Å². The normalized spacial score (nSPS) is 37.2. The fraction of sp³-hybridized carbons (Fsp3) is 0.857. The fourth-order valence-electron chi connectivity index (χ4n) is 1.27. The number of hydrogen-bond acceptors (Lipinski definition) is 4. The van der Waals surface area contributed by atoms with Crippen LogP contribution in [0.25, 0.3) is 0 Å². The van der Waals surface area contributed by atoms with Crippen LogP contribution < -0.4 is 5.32 Å². The van der Waals surface area contributed by atoms with E-state index in [1.54, 1.807) is 0 Å². The van der Waals surface area contributed by atoms with E-state index in [4.69, 9.17) is 0 Å². The monoisotopic (exact) mass is 159 g/mol. The molecule has 0 aliphatic carbocycles.